The van der Waals surface area contributed by atoms with E-state index in [1.165, 1.54) is 5.56 Å². The minimum absolute atomic E-state index is 0.770. The van der Waals surface area contributed by atoms with Crippen LogP contribution in [0.5, 0.6) is 5.75 Å². The van der Waals surface area contributed by atoms with Gasteiger partial charge in [0.1, 0.15) is 5.75 Å². The average Bonchev–Trinajstić information content (AvgIpc) is 2.76. The van der Waals surface area contributed by atoms with Crippen LogP contribution in [0.3, 0.4) is 0 Å². The van der Waals surface area contributed by atoms with Gasteiger partial charge in [0.2, 0.25) is 0 Å². The molecule has 1 aromatic rings. The third-order valence-electron chi connectivity index (χ3n) is 2.84. The second-order valence-corrected chi connectivity index (χ2v) is 4.61. The summed E-state index contributed by atoms with van der Waals surface area (Å²) in [5.41, 5.74) is 2.38. The summed E-state index contributed by atoms with van der Waals surface area (Å²) in [6, 6.07) is 3.98. The minimum atomic E-state index is 0.770. The molecule has 4 heteroatoms. The summed E-state index contributed by atoms with van der Waals surface area (Å²) in [6.07, 6.45) is 1.98. The molecular formula is C13H18ClNO2. The van der Waals surface area contributed by atoms with Gasteiger partial charge >= 0.3 is 0 Å². The molecule has 0 spiro atoms. The zero-order chi connectivity index (χ0) is 12.1. The molecule has 3 nitrogen and oxygen atoms in total. The third kappa shape index (κ3) is 3.35. The fourth-order valence-corrected chi connectivity index (χ4v) is 2.31. The lowest BCUT2D eigenvalue weighted by Crippen LogP contribution is -2.16. The molecule has 94 valence electrons. The van der Waals surface area contributed by atoms with Crippen molar-refractivity contribution < 1.29 is 9.47 Å². The first-order valence-electron chi connectivity index (χ1n) is 5.95. The first-order valence-corrected chi connectivity index (χ1v) is 6.33. The number of hydrogen-bond donors (Lipinski definition) is 1. The number of halogens is 1. The predicted molar refractivity (Wildman–Crippen MR) is 68.9 cm³/mol. The lowest BCUT2D eigenvalue weighted by Gasteiger charge is -2.10. The summed E-state index contributed by atoms with van der Waals surface area (Å²) in [6.45, 7) is 3.30. The molecule has 0 bridgehead atoms. The number of fused-ring (bicyclic) bond motifs is 1. The Labute approximate surface area is 107 Å². The van der Waals surface area contributed by atoms with Gasteiger partial charge in [-0.2, -0.15) is 0 Å². The van der Waals surface area contributed by atoms with Crippen LogP contribution in [0.4, 0.5) is 0 Å². The Morgan fingerprint density at radius 3 is 3.18 bits per heavy atom. The van der Waals surface area contributed by atoms with Crippen molar-refractivity contribution in [1.29, 1.82) is 0 Å². The molecule has 1 aliphatic heterocycles. The minimum Gasteiger partial charge on any atom is -0.493 e. The summed E-state index contributed by atoms with van der Waals surface area (Å²) in [5.74, 6) is 1.02. The highest BCUT2D eigenvalue weighted by molar-refractivity contribution is 6.30. The summed E-state index contributed by atoms with van der Waals surface area (Å²) in [7, 11) is 1.72. The highest BCUT2D eigenvalue weighted by Crippen LogP contribution is 2.32. The van der Waals surface area contributed by atoms with E-state index in [4.69, 9.17) is 21.1 Å². The van der Waals surface area contributed by atoms with Crippen LogP contribution in [0, 0.1) is 0 Å². The van der Waals surface area contributed by atoms with Crippen LogP contribution >= 0.6 is 11.6 Å². The van der Waals surface area contributed by atoms with Gasteiger partial charge in [-0.3, -0.25) is 0 Å². The third-order valence-corrected chi connectivity index (χ3v) is 3.06. The molecule has 0 saturated carbocycles. The quantitative estimate of drug-likeness (QED) is 0.792. The van der Waals surface area contributed by atoms with Crippen LogP contribution in [0.1, 0.15) is 17.5 Å². The molecule has 0 aromatic heterocycles. The standard InChI is InChI=1S/C13H18ClNO2/c1-16-5-2-4-15-9-11-8-12(14)7-10-3-6-17-13(10)11/h7-8,15H,2-6,9H2,1H3. The largest absolute Gasteiger partial charge is 0.493 e. The van der Waals surface area contributed by atoms with E-state index in [2.05, 4.69) is 5.32 Å². The van der Waals surface area contributed by atoms with Gasteiger partial charge in [0.15, 0.2) is 0 Å². The number of nitrogens with one attached hydrogen (secondary N) is 1. The summed E-state index contributed by atoms with van der Waals surface area (Å²) >= 11 is 6.09. The van der Waals surface area contributed by atoms with Gasteiger partial charge < -0.3 is 14.8 Å². The number of methoxy groups -OCH3 is 1. The first-order chi connectivity index (χ1) is 8.31. The monoisotopic (exact) mass is 255 g/mol. The van der Waals surface area contributed by atoms with Crippen LogP contribution in [0.15, 0.2) is 12.1 Å². The zero-order valence-corrected chi connectivity index (χ0v) is 10.8. The first kappa shape index (κ1) is 12.7. The number of rotatable bonds is 6. The van der Waals surface area contributed by atoms with E-state index in [0.717, 1.165) is 55.5 Å². The van der Waals surface area contributed by atoms with Crippen LogP contribution < -0.4 is 10.1 Å². The average molecular weight is 256 g/mol. The zero-order valence-electron chi connectivity index (χ0n) is 10.1. The maximum absolute atomic E-state index is 6.09. The Morgan fingerprint density at radius 2 is 2.35 bits per heavy atom. The van der Waals surface area contributed by atoms with Crippen molar-refractivity contribution in [3.63, 3.8) is 0 Å². The van der Waals surface area contributed by atoms with E-state index in [0.29, 0.717) is 0 Å². The van der Waals surface area contributed by atoms with Crippen molar-refractivity contribution in [2.75, 3.05) is 26.9 Å². The van der Waals surface area contributed by atoms with E-state index in [-0.39, 0.29) is 0 Å². The van der Waals surface area contributed by atoms with Gasteiger partial charge in [-0.05, 0) is 30.7 Å². The van der Waals surface area contributed by atoms with Crippen molar-refractivity contribution in [1.82, 2.24) is 5.32 Å². The van der Waals surface area contributed by atoms with E-state index >= 15 is 0 Å². The molecule has 0 radical (unpaired) electrons. The fraction of sp³-hybridized carbons (Fsp3) is 0.538. The van der Waals surface area contributed by atoms with E-state index < -0.39 is 0 Å². The molecule has 0 unspecified atom stereocenters. The van der Waals surface area contributed by atoms with Gasteiger partial charge in [0.05, 0.1) is 6.61 Å². The molecule has 0 atom stereocenters. The highest BCUT2D eigenvalue weighted by Gasteiger charge is 2.16. The normalized spacial score (nSPS) is 13.5. The van der Waals surface area contributed by atoms with Gasteiger partial charge in [-0.1, -0.05) is 11.6 Å². The number of hydrogen-bond acceptors (Lipinski definition) is 3. The lowest BCUT2D eigenvalue weighted by molar-refractivity contribution is 0.194. The van der Waals surface area contributed by atoms with Gasteiger partial charge in [-0.15, -0.1) is 0 Å². The predicted octanol–water partition coefficient (Wildman–Crippen LogP) is 2.40. The summed E-state index contributed by atoms with van der Waals surface area (Å²) < 4.78 is 10.6. The molecule has 2 rings (SSSR count). The van der Waals surface area contributed by atoms with Gasteiger partial charge in [0.25, 0.3) is 0 Å². The van der Waals surface area contributed by atoms with Crippen molar-refractivity contribution >= 4 is 11.6 Å². The number of benzene rings is 1. The molecule has 0 fully saturated rings. The molecule has 0 saturated heterocycles. The number of ether oxygens (including phenoxy) is 2. The summed E-state index contributed by atoms with van der Waals surface area (Å²) in [4.78, 5) is 0. The maximum atomic E-state index is 6.09. The van der Waals surface area contributed by atoms with Crippen LogP contribution in [0.25, 0.3) is 0 Å². The Hall–Kier alpha value is -0.770. The van der Waals surface area contributed by atoms with Crippen molar-refractivity contribution in [3.8, 4) is 5.75 Å². The summed E-state index contributed by atoms with van der Waals surface area (Å²) in [5, 5.41) is 4.17. The second-order valence-electron chi connectivity index (χ2n) is 4.17. The highest BCUT2D eigenvalue weighted by atomic mass is 35.5. The van der Waals surface area contributed by atoms with E-state index in [1.807, 2.05) is 12.1 Å². The van der Waals surface area contributed by atoms with E-state index in [9.17, 15) is 0 Å². The second kappa shape index (κ2) is 6.24. The lowest BCUT2D eigenvalue weighted by atomic mass is 10.1. The van der Waals surface area contributed by atoms with Crippen LogP contribution in [-0.2, 0) is 17.7 Å². The topological polar surface area (TPSA) is 30.5 Å². The molecule has 1 aromatic carbocycles. The molecule has 1 heterocycles. The molecular weight excluding hydrogens is 238 g/mol. The fourth-order valence-electron chi connectivity index (χ4n) is 2.04. The molecule has 17 heavy (non-hydrogen) atoms. The SMILES string of the molecule is COCCCNCc1cc(Cl)cc2c1OCC2. The Kier molecular flexibility index (Phi) is 4.66. The maximum Gasteiger partial charge on any atom is 0.127 e. The van der Waals surface area contributed by atoms with Gasteiger partial charge in [0, 0.05) is 37.3 Å². The molecule has 1 N–H and O–H groups in total. The molecule has 1 aliphatic rings. The smallest absolute Gasteiger partial charge is 0.127 e. The van der Waals surface area contributed by atoms with Crippen molar-refractivity contribution in [3.05, 3.63) is 28.3 Å². The van der Waals surface area contributed by atoms with E-state index in [1.54, 1.807) is 7.11 Å². The Morgan fingerprint density at radius 1 is 1.47 bits per heavy atom. The van der Waals surface area contributed by atoms with Crippen molar-refractivity contribution in [2.45, 2.75) is 19.4 Å². The molecule has 0 aliphatic carbocycles. The Bertz CT molecular complexity index is 382. The van der Waals surface area contributed by atoms with Crippen LogP contribution in [0.2, 0.25) is 5.02 Å². The van der Waals surface area contributed by atoms with Crippen molar-refractivity contribution in [2.24, 2.45) is 0 Å². The Balaban J connectivity index is 1.92. The van der Waals surface area contributed by atoms with Crippen LogP contribution in [-0.4, -0.2) is 26.9 Å². The van der Waals surface area contributed by atoms with Gasteiger partial charge in [-0.25, -0.2) is 0 Å². The molecule has 0 amide bonds.